The molecular formula is C10H17CoI2. The maximum absolute atomic E-state index is 4.58. The van der Waals surface area contributed by atoms with Crippen LogP contribution in [0.1, 0.15) is 34.6 Å². The molecule has 0 saturated carbocycles. The fourth-order valence-electron chi connectivity index (χ4n) is 1.53. The van der Waals surface area contributed by atoms with Crippen molar-refractivity contribution < 1.29 is 15.7 Å². The summed E-state index contributed by atoms with van der Waals surface area (Å²) >= 11 is 4.58. The van der Waals surface area contributed by atoms with E-state index in [1.807, 2.05) is 0 Å². The third-order valence-electron chi connectivity index (χ3n) is 2.90. The molecule has 0 saturated heterocycles. The van der Waals surface area contributed by atoms with E-state index in [1.54, 1.807) is 0 Å². The molecule has 0 heterocycles. The number of hydrogen-bond donors (Lipinski definition) is 0. The van der Waals surface area contributed by atoms with Gasteiger partial charge in [0.25, 0.3) is 0 Å². The number of rotatable bonds is 0. The largest absolute Gasteiger partial charge is 0.107 e. The molecule has 0 nitrogen and oxygen atoms in total. The first-order valence-corrected chi connectivity index (χ1v) is 4.44. The molecule has 0 N–H and O–H groups in total. The minimum absolute atomic E-state index is 0. The maximum Gasteiger partial charge on any atom is -0.107 e. The Balaban J connectivity index is 0. The molecule has 0 amide bonds. The van der Waals surface area contributed by atoms with Crippen LogP contribution >= 0.6 is 48.0 Å². The summed E-state index contributed by atoms with van der Waals surface area (Å²) in [4.78, 5) is 0. The molecule has 0 atom stereocenters. The average molecular weight is 450 g/mol. The van der Waals surface area contributed by atoms with Crippen molar-refractivity contribution in [3.05, 3.63) is 21.2 Å². The van der Waals surface area contributed by atoms with Gasteiger partial charge in [0.2, 0.25) is 0 Å². The smallest absolute Gasteiger partial charge is 0.107 e. The molecule has 0 aromatic heterocycles. The average Bonchev–Trinajstić information content (AvgIpc) is 2.06. The van der Waals surface area contributed by atoms with E-state index in [4.69, 9.17) is 0 Å². The molecule has 0 spiro atoms. The summed E-state index contributed by atoms with van der Waals surface area (Å²) in [6, 6.07) is 0. The Morgan fingerprint density at radius 3 is 1.38 bits per heavy atom. The van der Waals surface area contributed by atoms with Crippen molar-refractivity contribution in [3.8, 4) is 0 Å². The zero-order chi connectivity index (χ0) is 8.81. The predicted molar refractivity (Wildman–Crippen MR) is 75.7 cm³/mol. The van der Waals surface area contributed by atoms with Crippen molar-refractivity contribution in [2.24, 2.45) is 5.41 Å². The minimum atomic E-state index is 0. The summed E-state index contributed by atoms with van der Waals surface area (Å²) in [5, 5.41) is 0. The van der Waals surface area contributed by atoms with Crippen LogP contribution in [0.3, 0.4) is 0 Å². The van der Waals surface area contributed by atoms with Gasteiger partial charge in [0, 0.05) is 0 Å². The summed E-state index contributed by atoms with van der Waals surface area (Å²) in [6.45, 7) is 11.0. The first kappa shape index (κ1) is 16.9. The quantitative estimate of drug-likeness (QED) is 0.480. The fraction of sp³-hybridized carbons (Fsp3) is 0.600. The second-order valence-electron chi connectivity index (χ2n) is 3.79. The summed E-state index contributed by atoms with van der Waals surface area (Å²) in [5.74, 6) is 0. The topological polar surface area (TPSA) is 0 Å². The van der Waals surface area contributed by atoms with Gasteiger partial charge in [0.05, 0.1) is 0 Å². The molecule has 0 radical (unpaired) electrons. The summed E-state index contributed by atoms with van der Waals surface area (Å²) in [7, 11) is 0. The molecule has 0 aromatic rings. The van der Waals surface area contributed by atoms with Gasteiger partial charge >= 0.3 is 77.0 Å². The van der Waals surface area contributed by atoms with Gasteiger partial charge in [-0.15, -0.1) is 48.0 Å². The Morgan fingerprint density at radius 1 is 0.923 bits per heavy atom. The minimum Gasteiger partial charge on any atom is -0.107 e. The zero-order valence-corrected chi connectivity index (χ0v) is 14.4. The van der Waals surface area contributed by atoms with Crippen LogP contribution in [0.25, 0.3) is 0 Å². The van der Waals surface area contributed by atoms with Gasteiger partial charge < -0.3 is 0 Å². The Morgan fingerprint density at radius 2 is 1.31 bits per heavy atom. The monoisotopic (exact) mass is 450 g/mol. The molecule has 1 aliphatic rings. The molecule has 0 fully saturated rings. The predicted octanol–water partition coefficient (Wildman–Crippen LogP) is 4.42. The van der Waals surface area contributed by atoms with Crippen LogP contribution in [0.5, 0.6) is 0 Å². The Labute approximate surface area is 124 Å². The Hall–Kier alpha value is 1.45. The molecule has 1 rings (SSSR count). The van der Waals surface area contributed by atoms with Crippen LogP contribution in [-0.2, 0) is 15.7 Å². The van der Waals surface area contributed by atoms with Crippen molar-refractivity contribution in [2.75, 3.05) is 0 Å². The van der Waals surface area contributed by atoms with Crippen LogP contribution in [0, 0.1) is 5.41 Å². The number of halogens is 2. The third-order valence-corrected chi connectivity index (χ3v) is 3.94. The summed E-state index contributed by atoms with van der Waals surface area (Å²) in [6.07, 6.45) is 0. The SMILES string of the molecule is CC1=C(C)C(C)(C)[C]([Co])=C1C.I.I. The van der Waals surface area contributed by atoms with Crippen LogP contribution in [0.2, 0.25) is 0 Å². The molecule has 0 bridgehead atoms. The normalized spacial score (nSPS) is 19.9. The van der Waals surface area contributed by atoms with E-state index >= 15 is 0 Å². The van der Waals surface area contributed by atoms with Crippen LogP contribution in [-0.4, -0.2) is 0 Å². The van der Waals surface area contributed by atoms with Gasteiger partial charge in [-0.05, 0) is 0 Å². The van der Waals surface area contributed by atoms with Crippen LogP contribution < -0.4 is 0 Å². The van der Waals surface area contributed by atoms with E-state index in [1.165, 1.54) is 21.2 Å². The van der Waals surface area contributed by atoms with E-state index in [0.717, 1.165) is 0 Å². The molecule has 0 unspecified atom stereocenters. The van der Waals surface area contributed by atoms with Crippen molar-refractivity contribution in [2.45, 2.75) is 34.6 Å². The first-order chi connectivity index (χ1) is 4.89. The van der Waals surface area contributed by atoms with Crippen molar-refractivity contribution in [3.63, 3.8) is 0 Å². The number of allylic oxidation sites excluding steroid dienone is 4. The van der Waals surface area contributed by atoms with E-state index in [2.05, 4.69) is 50.4 Å². The van der Waals surface area contributed by atoms with Gasteiger partial charge in [-0.3, -0.25) is 0 Å². The van der Waals surface area contributed by atoms with Crippen molar-refractivity contribution in [1.82, 2.24) is 0 Å². The fourth-order valence-corrected chi connectivity index (χ4v) is 1.92. The maximum atomic E-state index is 4.58. The molecule has 1 aliphatic carbocycles. The summed E-state index contributed by atoms with van der Waals surface area (Å²) < 4.78 is 1.22. The van der Waals surface area contributed by atoms with Gasteiger partial charge in [0.15, 0.2) is 0 Å². The number of hydrogen-bond acceptors (Lipinski definition) is 0. The molecule has 0 aliphatic heterocycles. The van der Waals surface area contributed by atoms with Crippen molar-refractivity contribution in [1.29, 1.82) is 0 Å². The Kier molecular flexibility index (Phi) is 7.14. The van der Waals surface area contributed by atoms with E-state index in [-0.39, 0.29) is 53.4 Å². The molecule has 3 heteroatoms. The van der Waals surface area contributed by atoms with Crippen molar-refractivity contribution >= 4 is 48.0 Å². The van der Waals surface area contributed by atoms with Crippen LogP contribution in [0.4, 0.5) is 0 Å². The molecular weight excluding hydrogens is 433 g/mol. The summed E-state index contributed by atoms with van der Waals surface area (Å²) in [5.41, 5.74) is 4.40. The van der Waals surface area contributed by atoms with E-state index in [0.29, 0.717) is 0 Å². The second kappa shape index (κ2) is 5.51. The van der Waals surface area contributed by atoms with Gasteiger partial charge in [-0.2, -0.15) is 0 Å². The standard InChI is InChI=1S/C10H15.Co.2HI/c1-7-6-10(4,5)9(3)8(7)2;;;/h1-5H3;;2*1H. The Bertz CT molecular complexity index is 236. The second-order valence-corrected chi connectivity index (χ2v) is 4.31. The molecule has 0 aromatic carbocycles. The molecule has 80 valence electrons. The third kappa shape index (κ3) is 2.72. The van der Waals surface area contributed by atoms with Crippen LogP contribution in [0.15, 0.2) is 21.2 Å². The van der Waals surface area contributed by atoms with Gasteiger partial charge in [-0.25, -0.2) is 0 Å². The van der Waals surface area contributed by atoms with E-state index < -0.39 is 0 Å². The van der Waals surface area contributed by atoms with E-state index in [9.17, 15) is 0 Å². The first-order valence-electron chi connectivity index (χ1n) is 3.92. The van der Waals surface area contributed by atoms with Gasteiger partial charge in [-0.1, -0.05) is 0 Å². The molecule has 13 heavy (non-hydrogen) atoms. The van der Waals surface area contributed by atoms with Gasteiger partial charge in [0.1, 0.15) is 0 Å². The zero-order valence-electron chi connectivity index (χ0n) is 8.65.